The number of ether oxygens (including phenoxy) is 1. The van der Waals surface area contributed by atoms with Crippen molar-refractivity contribution < 1.29 is 22.7 Å². The van der Waals surface area contributed by atoms with Gasteiger partial charge in [0.2, 0.25) is 0 Å². The summed E-state index contributed by atoms with van der Waals surface area (Å²) in [6, 6.07) is 4.57. The van der Waals surface area contributed by atoms with E-state index in [4.69, 9.17) is 4.74 Å². The molecule has 16 heavy (non-hydrogen) atoms. The van der Waals surface area contributed by atoms with Crippen molar-refractivity contribution in [3.63, 3.8) is 0 Å². The van der Waals surface area contributed by atoms with E-state index in [0.717, 1.165) is 12.1 Å². The number of benzene rings is 1. The molecule has 0 saturated carbocycles. The van der Waals surface area contributed by atoms with Crippen LogP contribution in [0.3, 0.4) is 0 Å². The van der Waals surface area contributed by atoms with Crippen LogP contribution in [-0.2, 0) is 10.9 Å². The third-order valence-corrected chi connectivity index (χ3v) is 2.29. The number of nitrogens with one attached hydrogen (secondary N) is 1. The Kier molecular flexibility index (Phi) is 2.49. The smallest absolute Gasteiger partial charge is 0.416 e. The Bertz CT molecular complexity index is 400. The molecule has 1 atom stereocenters. The zero-order chi connectivity index (χ0) is 11.8. The Labute approximate surface area is 89.2 Å². The maximum atomic E-state index is 12.3. The third-order valence-electron chi connectivity index (χ3n) is 2.29. The van der Waals surface area contributed by atoms with Crippen LogP contribution in [0.1, 0.15) is 17.2 Å². The lowest BCUT2D eigenvalue weighted by atomic mass is 10.1. The lowest BCUT2D eigenvalue weighted by Crippen LogP contribution is -2.12. The van der Waals surface area contributed by atoms with Gasteiger partial charge in [0.05, 0.1) is 12.1 Å². The Morgan fingerprint density at radius 1 is 1.25 bits per heavy atom. The largest absolute Gasteiger partial charge is 0.439 e. The summed E-state index contributed by atoms with van der Waals surface area (Å²) in [5, 5.41) is 2.43. The molecule has 1 amide bonds. The van der Waals surface area contributed by atoms with E-state index < -0.39 is 23.9 Å². The van der Waals surface area contributed by atoms with Gasteiger partial charge in [-0.05, 0) is 17.7 Å². The third kappa shape index (κ3) is 2.10. The molecule has 1 saturated heterocycles. The number of hydrogen-bond donors (Lipinski definition) is 1. The predicted molar refractivity (Wildman–Crippen MR) is 48.7 cm³/mol. The van der Waals surface area contributed by atoms with Gasteiger partial charge in [-0.15, -0.1) is 0 Å². The van der Waals surface area contributed by atoms with Crippen LogP contribution in [0.25, 0.3) is 0 Å². The summed E-state index contributed by atoms with van der Waals surface area (Å²) in [7, 11) is 0. The van der Waals surface area contributed by atoms with Crippen LogP contribution in [0, 0.1) is 0 Å². The first kappa shape index (κ1) is 10.8. The number of amides is 1. The summed E-state index contributed by atoms with van der Waals surface area (Å²) in [6.45, 7) is 0.282. The first-order valence-corrected chi connectivity index (χ1v) is 4.58. The van der Waals surface area contributed by atoms with Crippen LogP contribution in [0.4, 0.5) is 18.0 Å². The molecule has 1 aromatic carbocycles. The molecule has 0 bridgehead atoms. The Morgan fingerprint density at radius 2 is 1.88 bits per heavy atom. The minimum atomic E-state index is -4.34. The summed E-state index contributed by atoms with van der Waals surface area (Å²) < 4.78 is 41.6. The fourth-order valence-corrected chi connectivity index (χ4v) is 1.46. The number of alkyl carbamates (subject to hydrolysis) is 1. The fraction of sp³-hybridized carbons (Fsp3) is 0.300. The second-order valence-corrected chi connectivity index (χ2v) is 3.39. The number of carbonyl (C=O) groups excluding carboxylic acids is 1. The summed E-state index contributed by atoms with van der Waals surface area (Å²) in [5.74, 6) is 0. The van der Waals surface area contributed by atoms with E-state index >= 15 is 0 Å². The average molecular weight is 231 g/mol. The van der Waals surface area contributed by atoms with Gasteiger partial charge in [0, 0.05) is 0 Å². The maximum absolute atomic E-state index is 12.3. The molecule has 86 valence electrons. The molecule has 0 unspecified atom stereocenters. The molecule has 2 rings (SSSR count). The van der Waals surface area contributed by atoms with E-state index in [-0.39, 0.29) is 6.54 Å². The normalized spacial score (nSPS) is 20.4. The van der Waals surface area contributed by atoms with Gasteiger partial charge in [0.25, 0.3) is 0 Å². The Hall–Kier alpha value is -1.72. The van der Waals surface area contributed by atoms with Gasteiger partial charge in [0.1, 0.15) is 6.10 Å². The molecule has 0 spiro atoms. The van der Waals surface area contributed by atoms with Gasteiger partial charge < -0.3 is 10.1 Å². The van der Waals surface area contributed by atoms with Gasteiger partial charge in [-0.25, -0.2) is 4.79 Å². The van der Waals surface area contributed by atoms with Crippen molar-refractivity contribution in [2.45, 2.75) is 12.3 Å². The lowest BCUT2D eigenvalue weighted by Gasteiger charge is -2.10. The van der Waals surface area contributed by atoms with Crippen LogP contribution in [-0.4, -0.2) is 12.6 Å². The highest BCUT2D eigenvalue weighted by molar-refractivity contribution is 5.69. The van der Waals surface area contributed by atoms with Crippen molar-refractivity contribution in [2.24, 2.45) is 0 Å². The lowest BCUT2D eigenvalue weighted by molar-refractivity contribution is -0.137. The fourth-order valence-electron chi connectivity index (χ4n) is 1.46. The number of carbonyl (C=O) groups is 1. The van der Waals surface area contributed by atoms with Crippen LogP contribution >= 0.6 is 0 Å². The van der Waals surface area contributed by atoms with E-state index in [0.29, 0.717) is 5.56 Å². The average Bonchev–Trinajstić information content (AvgIpc) is 2.64. The van der Waals surface area contributed by atoms with Gasteiger partial charge in [-0.3, -0.25) is 0 Å². The first-order chi connectivity index (χ1) is 7.47. The molecule has 0 aliphatic carbocycles. The summed E-state index contributed by atoms with van der Waals surface area (Å²) in [5.41, 5.74) is -0.167. The SMILES string of the molecule is O=C1NC[C@@H](c2ccc(C(F)(F)F)cc2)O1. The molecule has 1 N–H and O–H groups in total. The van der Waals surface area contributed by atoms with E-state index in [1.807, 2.05) is 0 Å². The molecule has 1 heterocycles. The molecule has 3 nitrogen and oxygen atoms in total. The first-order valence-electron chi connectivity index (χ1n) is 4.58. The minimum Gasteiger partial charge on any atom is -0.439 e. The molecule has 1 aliphatic rings. The number of hydrogen-bond acceptors (Lipinski definition) is 2. The number of rotatable bonds is 1. The minimum absolute atomic E-state index is 0.282. The zero-order valence-corrected chi connectivity index (χ0v) is 8.04. The summed E-state index contributed by atoms with van der Waals surface area (Å²) in [6.07, 6.45) is -5.40. The van der Waals surface area contributed by atoms with Crippen molar-refractivity contribution in [2.75, 3.05) is 6.54 Å². The molecule has 0 radical (unpaired) electrons. The molecule has 1 fully saturated rings. The Balaban J connectivity index is 2.17. The topological polar surface area (TPSA) is 38.3 Å². The van der Waals surface area contributed by atoms with Crippen LogP contribution in [0.5, 0.6) is 0 Å². The number of cyclic esters (lactones) is 1. The van der Waals surface area contributed by atoms with Gasteiger partial charge in [-0.1, -0.05) is 12.1 Å². The highest BCUT2D eigenvalue weighted by Gasteiger charge is 2.31. The molecule has 1 aliphatic heterocycles. The maximum Gasteiger partial charge on any atom is 0.416 e. The summed E-state index contributed by atoms with van der Waals surface area (Å²) in [4.78, 5) is 10.7. The van der Waals surface area contributed by atoms with Crippen LogP contribution in [0.15, 0.2) is 24.3 Å². The van der Waals surface area contributed by atoms with Gasteiger partial charge in [-0.2, -0.15) is 13.2 Å². The van der Waals surface area contributed by atoms with Crippen molar-refractivity contribution in [3.8, 4) is 0 Å². The number of alkyl halides is 3. The molecule has 0 aromatic heterocycles. The zero-order valence-electron chi connectivity index (χ0n) is 8.04. The molecule has 1 aromatic rings. The van der Waals surface area contributed by atoms with Gasteiger partial charge >= 0.3 is 12.3 Å². The van der Waals surface area contributed by atoms with Crippen molar-refractivity contribution in [1.29, 1.82) is 0 Å². The second-order valence-electron chi connectivity index (χ2n) is 3.39. The van der Waals surface area contributed by atoms with Crippen molar-refractivity contribution >= 4 is 6.09 Å². The van der Waals surface area contributed by atoms with Crippen LogP contribution in [0.2, 0.25) is 0 Å². The quantitative estimate of drug-likeness (QED) is 0.806. The molecule has 6 heteroatoms. The van der Waals surface area contributed by atoms with Crippen molar-refractivity contribution in [3.05, 3.63) is 35.4 Å². The van der Waals surface area contributed by atoms with E-state index in [1.165, 1.54) is 12.1 Å². The van der Waals surface area contributed by atoms with Gasteiger partial charge in [0.15, 0.2) is 0 Å². The highest BCUT2D eigenvalue weighted by atomic mass is 19.4. The molecular weight excluding hydrogens is 223 g/mol. The molecular formula is C10H8F3NO2. The predicted octanol–water partition coefficient (Wildman–Crippen LogP) is 2.49. The van der Waals surface area contributed by atoms with E-state index in [1.54, 1.807) is 0 Å². The van der Waals surface area contributed by atoms with Crippen LogP contribution < -0.4 is 5.32 Å². The van der Waals surface area contributed by atoms with E-state index in [9.17, 15) is 18.0 Å². The number of halogens is 3. The van der Waals surface area contributed by atoms with E-state index in [2.05, 4.69) is 5.32 Å². The van der Waals surface area contributed by atoms with Crippen molar-refractivity contribution in [1.82, 2.24) is 5.32 Å². The highest BCUT2D eigenvalue weighted by Crippen LogP contribution is 2.30. The summed E-state index contributed by atoms with van der Waals surface area (Å²) >= 11 is 0. The second kappa shape index (κ2) is 3.70. The standard InChI is InChI=1S/C10H8F3NO2/c11-10(12,13)7-3-1-6(2-4-7)8-5-14-9(15)16-8/h1-4,8H,5H2,(H,14,15)/t8-/m0/s1. The monoisotopic (exact) mass is 231 g/mol. The Morgan fingerprint density at radius 3 is 2.31 bits per heavy atom.